The van der Waals surface area contributed by atoms with E-state index >= 15 is 0 Å². The van der Waals surface area contributed by atoms with E-state index in [1.807, 2.05) is 0 Å². The Morgan fingerprint density at radius 2 is 2.10 bits per heavy atom. The Morgan fingerprint density at radius 1 is 1.40 bits per heavy atom. The van der Waals surface area contributed by atoms with Crippen molar-refractivity contribution >= 4 is 29.1 Å². The molecule has 1 aliphatic heterocycles. The zero-order chi connectivity index (χ0) is 14.9. The Labute approximate surface area is 117 Å². The van der Waals surface area contributed by atoms with Gasteiger partial charge in [-0.3, -0.25) is 9.59 Å². The van der Waals surface area contributed by atoms with Gasteiger partial charge in [-0.2, -0.15) is 13.2 Å². The number of alkyl halides is 3. The standard InChI is InChI=1S/C12H10ClF3N2O2/c13-7-2-1-6(12(14,15)16)5-9(7)18-11(20)8-3-4-10(19)17-8/h1-2,5,8H,3-4H2,(H,17,19)(H,18,20). The second kappa shape index (κ2) is 5.32. The molecular weight excluding hydrogens is 297 g/mol. The maximum Gasteiger partial charge on any atom is 0.416 e. The Bertz CT molecular complexity index is 560. The molecule has 1 aromatic rings. The van der Waals surface area contributed by atoms with Gasteiger partial charge in [-0.05, 0) is 24.6 Å². The van der Waals surface area contributed by atoms with Crippen molar-refractivity contribution < 1.29 is 22.8 Å². The summed E-state index contributed by atoms with van der Waals surface area (Å²) in [6.07, 6.45) is -4.00. The van der Waals surface area contributed by atoms with Gasteiger partial charge < -0.3 is 10.6 Å². The van der Waals surface area contributed by atoms with Crippen LogP contribution in [-0.2, 0) is 15.8 Å². The summed E-state index contributed by atoms with van der Waals surface area (Å²) in [5.74, 6) is -0.850. The number of anilines is 1. The molecule has 0 radical (unpaired) electrons. The van der Waals surface area contributed by atoms with E-state index in [0.29, 0.717) is 6.42 Å². The summed E-state index contributed by atoms with van der Waals surface area (Å²) in [6.45, 7) is 0. The predicted molar refractivity (Wildman–Crippen MR) is 66.2 cm³/mol. The van der Waals surface area contributed by atoms with Crippen molar-refractivity contribution in [3.05, 3.63) is 28.8 Å². The molecule has 20 heavy (non-hydrogen) atoms. The molecule has 0 aliphatic carbocycles. The Balaban J connectivity index is 2.16. The van der Waals surface area contributed by atoms with Gasteiger partial charge in [0.25, 0.3) is 0 Å². The van der Waals surface area contributed by atoms with Crippen LogP contribution < -0.4 is 10.6 Å². The lowest BCUT2D eigenvalue weighted by atomic mass is 10.1. The first-order valence-electron chi connectivity index (χ1n) is 5.74. The van der Waals surface area contributed by atoms with Crippen LogP contribution in [0.1, 0.15) is 18.4 Å². The number of amides is 2. The number of benzene rings is 1. The minimum Gasteiger partial charge on any atom is -0.344 e. The molecule has 1 aromatic carbocycles. The highest BCUT2D eigenvalue weighted by molar-refractivity contribution is 6.33. The molecule has 108 valence electrons. The molecule has 1 heterocycles. The average Bonchev–Trinajstić information content (AvgIpc) is 2.77. The summed E-state index contributed by atoms with van der Waals surface area (Å²) >= 11 is 5.76. The van der Waals surface area contributed by atoms with E-state index in [0.717, 1.165) is 18.2 Å². The van der Waals surface area contributed by atoms with Crippen LogP contribution in [-0.4, -0.2) is 17.9 Å². The van der Waals surface area contributed by atoms with Crippen LogP contribution in [0.15, 0.2) is 18.2 Å². The first-order valence-corrected chi connectivity index (χ1v) is 6.12. The van der Waals surface area contributed by atoms with E-state index in [4.69, 9.17) is 11.6 Å². The van der Waals surface area contributed by atoms with E-state index in [-0.39, 0.29) is 23.0 Å². The fourth-order valence-corrected chi connectivity index (χ4v) is 1.99. The number of nitrogens with one attached hydrogen (secondary N) is 2. The van der Waals surface area contributed by atoms with Crippen LogP contribution in [0, 0.1) is 0 Å². The molecule has 0 spiro atoms. The van der Waals surface area contributed by atoms with E-state index < -0.39 is 23.7 Å². The van der Waals surface area contributed by atoms with Gasteiger partial charge in [0, 0.05) is 6.42 Å². The molecule has 1 saturated heterocycles. The highest BCUT2D eigenvalue weighted by Crippen LogP contribution is 2.33. The molecule has 0 saturated carbocycles. The summed E-state index contributed by atoms with van der Waals surface area (Å²) in [6, 6.07) is 1.91. The molecule has 2 N–H and O–H groups in total. The summed E-state index contributed by atoms with van der Waals surface area (Å²) < 4.78 is 37.7. The van der Waals surface area contributed by atoms with Crippen LogP contribution >= 0.6 is 11.6 Å². The maximum atomic E-state index is 12.6. The van der Waals surface area contributed by atoms with Crippen molar-refractivity contribution in [2.45, 2.75) is 25.1 Å². The molecule has 2 rings (SSSR count). The van der Waals surface area contributed by atoms with Crippen molar-refractivity contribution in [3.63, 3.8) is 0 Å². The average molecular weight is 307 g/mol. The second-order valence-electron chi connectivity index (χ2n) is 4.34. The third-order valence-electron chi connectivity index (χ3n) is 2.86. The molecule has 2 amide bonds. The van der Waals surface area contributed by atoms with Crippen LogP contribution in [0.5, 0.6) is 0 Å². The smallest absolute Gasteiger partial charge is 0.344 e. The molecule has 1 atom stereocenters. The minimum absolute atomic E-state index is 0.00401. The Kier molecular flexibility index (Phi) is 3.89. The topological polar surface area (TPSA) is 58.2 Å². The summed E-state index contributed by atoms with van der Waals surface area (Å²) in [5, 5.41) is 4.72. The lowest BCUT2D eigenvalue weighted by molar-refractivity contribution is -0.137. The molecule has 8 heteroatoms. The van der Waals surface area contributed by atoms with E-state index in [1.54, 1.807) is 0 Å². The van der Waals surface area contributed by atoms with Gasteiger partial charge in [-0.15, -0.1) is 0 Å². The molecule has 0 bridgehead atoms. The normalized spacial score (nSPS) is 18.8. The summed E-state index contributed by atoms with van der Waals surface area (Å²) in [5.41, 5.74) is -1.04. The van der Waals surface area contributed by atoms with Gasteiger partial charge in [-0.25, -0.2) is 0 Å². The highest BCUT2D eigenvalue weighted by atomic mass is 35.5. The first kappa shape index (κ1) is 14.6. The third kappa shape index (κ3) is 3.22. The van der Waals surface area contributed by atoms with Gasteiger partial charge in [0.2, 0.25) is 11.8 Å². The Hall–Kier alpha value is -1.76. The SMILES string of the molecule is O=C1CCC(C(=O)Nc2cc(C(F)(F)F)ccc2Cl)N1. The van der Waals surface area contributed by atoms with E-state index in [2.05, 4.69) is 10.6 Å². The van der Waals surface area contributed by atoms with Crippen molar-refractivity contribution in [1.82, 2.24) is 5.32 Å². The molecule has 4 nitrogen and oxygen atoms in total. The number of carbonyl (C=O) groups is 2. The third-order valence-corrected chi connectivity index (χ3v) is 3.19. The molecule has 0 aromatic heterocycles. The Morgan fingerprint density at radius 3 is 2.65 bits per heavy atom. The number of hydrogen-bond acceptors (Lipinski definition) is 2. The van der Waals surface area contributed by atoms with E-state index in [9.17, 15) is 22.8 Å². The summed E-state index contributed by atoms with van der Waals surface area (Å²) in [4.78, 5) is 22.8. The van der Waals surface area contributed by atoms with Gasteiger partial charge in [-0.1, -0.05) is 11.6 Å². The lowest BCUT2D eigenvalue weighted by Crippen LogP contribution is -2.37. The number of halogens is 4. The molecular formula is C12H10ClF3N2O2. The minimum atomic E-state index is -4.52. The van der Waals surface area contributed by atoms with Gasteiger partial charge in [0.15, 0.2) is 0 Å². The van der Waals surface area contributed by atoms with Gasteiger partial charge in [0.05, 0.1) is 16.3 Å². The number of carbonyl (C=O) groups excluding carboxylic acids is 2. The first-order chi connectivity index (χ1) is 9.27. The monoisotopic (exact) mass is 306 g/mol. The number of rotatable bonds is 2. The van der Waals surface area contributed by atoms with E-state index in [1.165, 1.54) is 0 Å². The quantitative estimate of drug-likeness (QED) is 0.882. The van der Waals surface area contributed by atoms with Crippen molar-refractivity contribution in [2.24, 2.45) is 0 Å². The van der Waals surface area contributed by atoms with Crippen molar-refractivity contribution in [2.75, 3.05) is 5.32 Å². The zero-order valence-corrected chi connectivity index (χ0v) is 10.8. The van der Waals surface area contributed by atoms with Crippen molar-refractivity contribution in [1.29, 1.82) is 0 Å². The fraction of sp³-hybridized carbons (Fsp3) is 0.333. The lowest BCUT2D eigenvalue weighted by Gasteiger charge is -2.14. The van der Waals surface area contributed by atoms with Crippen molar-refractivity contribution in [3.8, 4) is 0 Å². The van der Waals surface area contributed by atoms with Crippen LogP contribution in [0.3, 0.4) is 0 Å². The molecule has 1 unspecified atom stereocenters. The number of hydrogen-bond donors (Lipinski definition) is 2. The van der Waals surface area contributed by atoms with Crippen LogP contribution in [0.2, 0.25) is 5.02 Å². The van der Waals surface area contributed by atoms with Gasteiger partial charge >= 0.3 is 6.18 Å². The zero-order valence-electron chi connectivity index (χ0n) is 10.1. The highest BCUT2D eigenvalue weighted by Gasteiger charge is 2.32. The summed E-state index contributed by atoms with van der Waals surface area (Å²) in [7, 11) is 0. The maximum absolute atomic E-state index is 12.6. The fourth-order valence-electron chi connectivity index (χ4n) is 1.83. The van der Waals surface area contributed by atoms with Gasteiger partial charge in [0.1, 0.15) is 6.04 Å². The van der Waals surface area contributed by atoms with Crippen LogP contribution in [0.4, 0.5) is 18.9 Å². The second-order valence-corrected chi connectivity index (χ2v) is 4.75. The largest absolute Gasteiger partial charge is 0.416 e. The molecule has 1 aliphatic rings. The predicted octanol–water partition coefficient (Wildman–Crippen LogP) is 2.58. The molecule has 1 fully saturated rings. The van der Waals surface area contributed by atoms with Crippen LogP contribution in [0.25, 0.3) is 0 Å².